The summed E-state index contributed by atoms with van der Waals surface area (Å²) in [6, 6.07) is 4.35. The van der Waals surface area contributed by atoms with Crippen LogP contribution in [0.4, 0.5) is 13.2 Å². The lowest BCUT2D eigenvalue weighted by molar-refractivity contribution is -0.274. The average molecular weight is 354 g/mol. The van der Waals surface area contributed by atoms with E-state index in [0.29, 0.717) is 19.6 Å². The van der Waals surface area contributed by atoms with Gasteiger partial charge in [-0.25, -0.2) is 8.42 Å². The van der Waals surface area contributed by atoms with Crippen LogP contribution in [0, 0.1) is 0 Å². The molecule has 23 heavy (non-hydrogen) atoms. The number of rotatable bonds is 5. The average Bonchev–Trinajstić information content (AvgIpc) is 2.47. The molecule has 1 aromatic carbocycles. The predicted molar refractivity (Wildman–Crippen MR) is 75.4 cm³/mol. The minimum atomic E-state index is -4.88. The molecule has 1 fully saturated rings. The van der Waals surface area contributed by atoms with Gasteiger partial charge in [-0.1, -0.05) is 6.07 Å². The summed E-state index contributed by atoms with van der Waals surface area (Å²) in [6.45, 7) is 1.79. The first-order valence-corrected chi connectivity index (χ1v) is 8.35. The second-order valence-corrected chi connectivity index (χ2v) is 6.93. The van der Waals surface area contributed by atoms with Gasteiger partial charge in [-0.3, -0.25) is 4.90 Å². The van der Waals surface area contributed by atoms with Crippen molar-refractivity contribution in [3.8, 4) is 5.75 Å². The van der Waals surface area contributed by atoms with E-state index < -0.39 is 22.1 Å². The van der Waals surface area contributed by atoms with Crippen LogP contribution in [0.3, 0.4) is 0 Å². The summed E-state index contributed by atoms with van der Waals surface area (Å²) in [5.74, 6) is -0.572. The van der Waals surface area contributed by atoms with Gasteiger partial charge in [0, 0.05) is 38.8 Å². The van der Waals surface area contributed by atoms with Crippen LogP contribution in [0.1, 0.15) is 0 Å². The summed E-state index contributed by atoms with van der Waals surface area (Å²) in [6.07, 6.45) is -4.88. The van der Waals surface area contributed by atoms with Crippen molar-refractivity contribution in [2.45, 2.75) is 11.3 Å². The molecule has 0 amide bonds. The Morgan fingerprint density at radius 3 is 2.39 bits per heavy atom. The normalized spacial score (nSPS) is 18.1. The van der Waals surface area contributed by atoms with Crippen molar-refractivity contribution in [1.29, 1.82) is 0 Å². The molecule has 0 atom stereocenters. The maximum Gasteiger partial charge on any atom is 0.573 e. The Bertz CT molecular complexity index is 628. The monoisotopic (exact) mass is 354 g/mol. The zero-order valence-corrected chi connectivity index (χ0v) is 13.0. The predicted octanol–water partition coefficient (Wildman–Crippen LogP) is 0.884. The largest absolute Gasteiger partial charge is 0.573 e. The molecule has 0 radical (unpaired) electrons. The molecule has 1 heterocycles. The molecule has 10 heteroatoms. The zero-order valence-electron chi connectivity index (χ0n) is 12.2. The minimum Gasteiger partial charge on any atom is -0.406 e. The number of hydrogen-bond acceptors (Lipinski definition) is 5. The fraction of sp³-hybridized carbons (Fsp3) is 0.538. The van der Waals surface area contributed by atoms with Gasteiger partial charge in [-0.2, -0.15) is 4.31 Å². The second-order valence-electron chi connectivity index (χ2n) is 4.99. The molecule has 130 valence electrons. The maximum atomic E-state index is 12.5. The first-order chi connectivity index (χ1) is 10.7. The van der Waals surface area contributed by atoms with Crippen molar-refractivity contribution < 1.29 is 31.4 Å². The van der Waals surface area contributed by atoms with Crippen LogP contribution >= 0.6 is 0 Å². The molecule has 2 rings (SSSR count). The molecule has 1 aromatic rings. The van der Waals surface area contributed by atoms with Crippen molar-refractivity contribution in [2.24, 2.45) is 0 Å². The van der Waals surface area contributed by atoms with Crippen molar-refractivity contribution in [1.82, 2.24) is 9.21 Å². The Morgan fingerprint density at radius 1 is 1.17 bits per heavy atom. The van der Waals surface area contributed by atoms with Gasteiger partial charge in [0.05, 0.1) is 11.5 Å². The molecule has 0 bridgehead atoms. The van der Waals surface area contributed by atoms with Crippen LogP contribution in [0.5, 0.6) is 5.75 Å². The van der Waals surface area contributed by atoms with Crippen molar-refractivity contribution in [3.05, 3.63) is 24.3 Å². The number of halogens is 3. The van der Waals surface area contributed by atoms with Crippen LogP contribution < -0.4 is 4.74 Å². The lowest BCUT2D eigenvalue weighted by Crippen LogP contribution is -2.49. The van der Waals surface area contributed by atoms with E-state index in [0.717, 1.165) is 12.1 Å². The summed E-state index contributed by atoms with van der Waals surface area (Å²) in [5, 5.41) is 8.87. The van der Waals surface area contributed by atoms with E-state index in [-0.39, 0.29) is 24.6 Å². The Hall–Kier alpha value is -1.36. The highest BCUT2D eigenvalue weighted by atomic mass is 32.2. The lowest BCUT2D eigenvalue weighted by atomic mass is 10.3. The molecule has 1 aliphatic rings. The van der Waals surface area contributed by atoms with Gasteiger partial charge in [0.2, 0.25) is 10.0 Å². The van der Waals surface area contributed by atoms with E-state index in [4.69, 9.17) is 5.11 Å². The third kappa shape index (κ3) is 4.80. The SMILES string of the molecule is O=S(=O)(c1cccc(OC(F)(F)F)c1)N1CCN(CCO)CC1. The molecule has 0 saturated carbocycles. The van der Waals surface area contributed by atoms with Crippen LogP contribution in [-0.4, -0.2) is 68.4 Å². The van der Waals surface area contributed by atoms with E-state index in [1.807, 2.05) is 4.90 Å². The van der Waals surface area contributed by atoms with Gasteiger partial charge in [0.25, 0.3) is 0 Å². The molecule has 1 saturated heterocycles. The summed E-state index contributed by atoms with van der Waals surface area (Å²) >= 11 is 0. The van der Waals surface area contributed by atoms with E-state index in [1.165, 1.54) is 16.4 Å². The zero-order chi connectivity index (χ0) is 17.1. The van der Waals surface area contributed by atoms with E-state index >= 15 is 0 Å². The number of hydrogen-bond donors (Lipinski definition) is 1. The molecule has 0 aliphatic carbocycles. The molecule has 0 unspecified atom stereocenters. The number of sulfonamides is 1. The number of β-amino-alcohol motifs (C(OH)–C–C–N with tert-alkyl or cyclic N) is 1. The smallest absolute Gasteiger partial charge is 0.406 e. The maximum absolute atomic E-state index is 12.5. The van der Waals surface area contributed by atoms with Crippen molar-refractivity contribution in [3.63, 3.8) is 0 Å². The van der Waals surface area contributed by atoms with Crippen LogP contribution in [0.2, 0.25) is 0 Å². The van der Waals surface area contributed by atoms with Gasteiger partial charge < -0.3 is 9.84 Å². The highest BCUT2D eigenvalue weighted by molar-refractivity contribution is 7.89. The van der Waals surface area contributed by atoms with Crippen LogP contribution in [-0.2, 0) is 10.0 Å². The highest BCUT2D eigenvalue weighted by Gasteiger charge is 2.32. The quantitative estimate of drug-likeness (QED) is 0.850. The number of piperazine rings is 1. The third-order valence-corrected chi connectivity index (χ3v) is 5.32. The molecule has 6 nitrogen and oxygen atoms in total. The number of alkyl halides is 3. The molecular formula is C13H17F3N2O4S. The Balaban J connectivity index is 2.12. The van der Waals surface area contributed by atoms with E-state index in [1.54, 1.807) is 0 Å². The van der Waals surface area contributed by atoms with Gasteiger partial charge in [-0.05, 0) is 12.1 Å². The van der Waals surface area contributed by atoms with Gasteiger partial charge in [-0.15, -0.1) is 13.2 Å². The number of aliphatic hydroxyl groups excluding tert-OH is 1. The van der Waals surface area contributed by atoms with Crippen LogP contribution in [0.25, 0.3) is 0 Å². The first kappa shape index (κ1) is 18.0. The Morgan fingerprint density at radius 2 is 1.83 bits per heavy atom. The van der Waals surface area contributed by atoms with Crippen molar-refractivity contribution >= 4 is 10.0 Å². The van der Waals surface area contributed by atoms with E-state index in [2.05, 4.69) is 4.74 Å². The standard InChI is InChI=1S/C13H17F3N2O4S/c14-13(15,16)22-11-2-1-3-12(10-11)23(20,21)18-6-4-17(5-7-18)8-9-19/h1-3,10,19H,4-9H2. The van der Waals surface area contributed by atoms with Gasteiger partial charge >= 0.3 is 6.36 Å². The van der Waals surface area contributed by atoms with Gasteiger partial charge in [0.1, 0.15) is 5.75 Å². The third-order valence-electron chi connectivity index (χ3n) is 3.42. The van der Waals surface area contributed by atoms with Crippen LogP contribution in [0.15, 0.2) is 29.2 Å². The summed E-state index contributed by atoms with van der Waals surface area (Å²) in [4.78, 5) is 1.67. The fourth-order valence-electron chi connectivity index (χ4n) is 2.32. The molecule has 1 N–H and O–H groups in total. The Kier molecular flexibility index (Phi) is 5.50. The molecule has 0 spiro atoms. The van der Waals surface area contributed by atoms with Crippen molar-refractivity contribution in [2.75, 3.05) is 39.3 Å². The molecule has 0 aromatic heterocycles. The second kappa shape index (κ2) is 7.04. The van der Waals surface area contributed by atoms with Gasteiger partial charge in [0.15, 0.2) is 0 Å². The lowest BCUT2D eigenvalue weighted by Gasteiger charge is -2.33. The number of nitrogens with zero attached hydrogens (tertiary/aromatic N) is 2. The summed E-state index contributed by atoms with van der Waals surface area (Å²) in [5.41, 5.74) is 0. The number of aliphatic hydroxyl groups is 1. The fourth-order valence-corrected chi connectivity index (χ4v) is 3.77. The molecule has 1 aliphatic heterocycles. The molecular weight excluding hydrogens is 337 g/mol. The van der Waals surface area contributed by atoms with E-state index in [9.17, 15) is 21.6 Å². The minimum absolute atomic E-state index is 0.0103. The Labute approximate surface area is 132 Å². The summed E-state index contributed by atoms with van der Waals surface area (Å²) in [7, 11) is -3.88. The topological polar surface area (TPSA) is 70.1 Å². The summed E-state index contributed by atoms with van der Waals surface area (Å²) < 4.78 is 66.6. The number of benzene rings is 1. The number of ether oxygens (including phenoxy) is 1. The first-order valence-electron chi connectivity index (χ1n) is 6.91. The highest BCUT2D eigenvalue weighted by Crippen LogP contribution is 2.26.